The van der Waals surface area contributed by atoms with Crippen LogP contribution < -0.4 is 0 Å². The van der Waals surface area contributed by atoms with Crippen molar-refractivity contribution < 1.29 is 23.7 Å². The van der Waals surface area contributed by atoms with E-state index < -0.39 is 5.79 Å². The van der Waals surface area contributed by atoms with Crippen molar-refractivity contribution >= 4 is 0 Å². The van der Waals surface area contributed by atoms with E-state index in [2.05, 4.69) is 0 Å². The van der Waals surface area contributed by atoms with Crippen molar-refractivity contribution in [2.75, 3.05) is 40.6 Å². The van der Waals surface area contributed by atoms with Crippen LogP contribution in [-0.2, 0) is 23.7 Å². The third-order valence-electron chi connectivity index (χ3n) is 3.64. The summed E-state index contributed by atoms with van der Waals surface area (Å²) < 4.78 is 27.3. The molecular weight excluding hydrogens is 236 g/mol. The fourth-order valence-corrected chi connectivity index (χ4v) is 2.32. The van der Waals surface area contributed by atoms with Crippen molar-refractivity contribution in [2.24, 2.45) is 0 Å². The summed E-state index contributed by atoms with van der Waals surface area (Å²) in [4.78, 5) is 0. The molecular formula is C13H24O5. The minimum atomic E-state index is -0.453. The van der Waals surface area contributed by atoms with Gasteiger partial charge in [-0.05, 0) is 12.8 Å². The molecule has 0 aromatic heterocycles. The molecule has 18 heavy (non-hydrogen) atoms. The fraction of sp³-hybridized carbons (Fsp3) is 1.00. The van der Waals surface area contributed by atoms with Crippen LogP contribution in [0.15, 0.2) is 0 Å². The van der Waals surface area contributed by atoms with Crippen LogP contribution in [0.5, 0.6) is 0 Å². The predicted octanol–water partition coefficient (Wildman–Crippen LogP) is 1.35. The number of rotatable bonds is 8. The van der Waals surface area contributed by atoms with Crippen molar-refractivity contribution in [1.82, 2.24) is 0 Å². The lowest BCUT2D eigenvalue weighted by Crippen LogP contribution is -2.44. The van der Waals surface area contributed by atoms with Gasteiger partial charge in [0.1, 0.15) is 6.10 Å². The van der Waals surface area contributed by atoms with Gasteiger partial charge in [-0.25, -0.2) is 0 Å². The fourth-order valence-electron chi connectivity index (χ4n) is 2.32. The number of epoxide rings is 1. The molecule has 0 saturated carbocycles. The molecule has 0 N–H and O–H groups in total. The molecule has 0 bridgehead atoms. The van der Waals surface area contributed by atoms with Gasteiger partial charge in [-0.3, -0.25) is 0 Å². The van der Waals surface area contributed by atoms with Gasteiger partial charge in [0.2, 0.25) is 0 Å². The van der Waals surface area contributed by atoms with Crippen molar-refractivity contribution in [3.63, 3.8) is 0 Å². The van der Waals surface area contributed by atoms with Gasteiger partial charge in [-0.1, -0.05) is 0 Å². The van der Waals surface area contributed by atoms with Gasteiger partial charge in [-0.2, -0.15) is 0 Å². The van der Waals surface area contributed by atoms with E-state index in [-0.39, 0.29) is 6.10 Å². The summed E-state index contributed by atoms with van der Waals surface area (Å²) in [6, 6.07) is 0. The number of ether oxygens (including phenoxy) is 5. The highest BCUT2D eigenvalue weighted by Gasteiger charge is 2.36. The first-order chi connectivity index (χ1) is 8.78. The van der Waals surface area contributed by atoms with E-state index >= 15 is 0 Å². The molecule has 0 aliphatic carbocycles. The molecule has 5 heteroatoms. The maximum Gasteiger partial charge on any atom is 0.172 e. The minimum Gasteiger partial charge on any atom is -0.379 e. The lowest BCUT2D eigenvalue weighted by atomic mass is 9.98. The third-order valence-corrected chi connectivity index (χ3v) is 3.64. The predicted molar refractivity (Wildman–Crippen MR) is 65.5 cm³/mol. The summed E-state index contributed by atoms with van der Waals surface area (Å²) in [6.07, 6.45) is 4.14. The van der Waals surface area contributed by atoms with Gasteiger partial charge in [0.15, 0.2) is 5.79 Å². The number of methoxy groups -OCH3 is 2. The highest BCUT2D eigenvalue weighted by molar-refractivity contribution is 4.79. The van der Waals surface area contributed by atoms with Gasteiger partial charge in [0.25, 0.3) is 0 Å². The Labute approximate surface area is 109 Å². The number of hydrogen-bond acceptors (Lipinski definition) is 5. The molecule has 2 unspecified atom stereocenters. The highest BCUT2D eigenvalue weighted by atomic mass is 16.7. The van der Waals surface area contributed by atoms with E-state index in [1.165, 1.54) is 0 Å². The molecule has 2 aliphatic rings. The molecule has 2 heterocycles. The zero-order valence-corrected chi connectivity index (χ0v) is 11.4. The first-order valence-electron chi connectivity index (χ1n) is 6.69. The van der Waals surface area contributed by atoms with Crippen LogP contribution in [0.4, 0.5) is 0 Å². The summed E-state index contributed by atoms with van der Waals surface area (Å²) in [5.74, 6) is -0.453. The molecule has 0 aromatic rings. The van der Waals surface area contributed by atoms with E-state index in [0.29, 0.717) is 12.7 Å². The average Bonchev–Trinajstić information content (AvgIpc) is 3.23. The molecule has 2 saturated heterocycles. The monoisotopic (exact) mass is 260 g/mol. The third kappa shape index (κ3) is 4.17. The van der Waals surface area contributed by atoms with E-state index in [1.807, 2.05) is 0 Å². The highest BCUT2D eigenvalue weighted by Crippen LogP contribution is 2.30. The van der Waals surface area contributed by atoms with Gasteiger partial charge in [0.05, 0.1) is 25.9 Å². The summed E-state index contributed by atoms with van der Waals surface area (Å²) in [7, 11) is 3.40. The molecule has 2 aliphatic heterocycles. The van der Waals surface area contributed by atoms with Crippen LogP contribution in [0, 0.1) is 0 Å². The first-order valence-corrected chi connectivity index (χ1v) is 6.69. The quantitative estimate of drug-likeness (QED) is 0.374. The lowest BCUT2D eigenvalue weighted by molar-refractivity contribution is -0.257. The van der Waals surface area contributed by atoms with Crippen LogP contribution in [-0.4, -0.2) is 58.6 Å². The molecule has 2 atom stereocenters. The Morgan fingerprint density at radius 1 is 1.17 bits per heavy atom. The second kappa shape index (κ2) is 6.82. The van der Waals surface area contributed by atoms with Crippen LogP contribution in [0.2, 0.25) is 0 Å². The smallest absolute Gasteiger partial charge is 0.172 e. The maximum atomic E-state index is 5.74. The van der Waals surface area contributed by atoms with E-state index in [4.69, 9.17) is 23.7 Å². The molecule has 2 fully saturated rings. The number of hydrogen-bond donors (Lipinski definition) is 0. The Kier molecular flexibility index (Phi) is 5.38. The Morgan fingerprint density at radius 3 is 2.61 bits per heavy atom. The molecule has 0 spiro atoms. The average molecular weight is 260 g/mol. The van der Waals surface area contributed by atoms with E-state index in [9.17, 15) is 0 Å². The van der Waals surface area contributed by atoms with Gasteiger partial charge < -0.3 is 23.7 Å². The topological polar surface area (TPSA) is 49.5 Å². The molecule has 0 radical (unpaired) electrons. The largest absolute Gasteiger partial charge is 0.379 e. The molecule has 0 aromatic carbocycles. The molecule has 0 amide bonds. The van der Waals surface area contributed by atoms with Gasteiger partial charge in [0, 0.05) is 33.7 Å². The normalized spacial score (nSPS) is 30.3. The molecule has 106 valence electrons. The van der Waals surface area contributed by atoms with Crippen molar-refractivity contribution in [3.05, 3.63) is 0 Å². The molecule has 2 rings (SSSR count). The van der Waals surface area contributed by atoms with Crippen molar-refractivity contribution in [2.45, 2.75) is 43.7 Å². The van der Waals surface area contributed by atoms with E-state index in [1.54, 1.807) is 14.2 Å². The summed E-state index contributed by atoms with van der Waals surface area (Å²) >= 11 is 0. The maximum absolute atomic E-state index is 5.74. The Hall–Kier alpha value is -0.200. The SMILES string of the molecule is COC1(OC)CCOC(CCCOCC2CO2)C1. The first kappa shape index (κ1) is 14.2. The van der Waals surface area contributed by atoms with Gasteiger partial charge in [-0.15, -0.1) is 0 Å². The van der Waals surface area contributed by atoms with Crippen LogP contribution in [0.3, 0.4) is 0 Å². The summed E-state index contributed by atoms with van der Waals surface area (Å²) in [6.45, 7) is 3.05. The Balaban J connectivity index is 1.59. The standard InChI is InChI=1S/C13H24O5/c1-14-13(15-2)5-7-17-11(8-13)4-3-6-16-9-12-10-18-12/h11-12H,3-10H2,1-2H3. The minimum absolute atomic E-state index is 0.208. The second-order valence-electron chi connectivity index (χ2n) is 4.94. The van der Waals surface area contributed by atoms with Crippen molar-refractivity contribution in [1.29, 1.82) is 0 Å². The summed E-state index contributed by atoms with van der Waals surface area (Å²) in [5, 5.41) is 0. The second-order valence-corrected chi connectivity index (χ2v) is 4.94. The van der Waals surface area contributed by atoms with Crippen LogP contribution >= 0.6 is 0 Å². The summed E-state index contributed by atoms with van der Waals surface area (Å²) in [5.41, 5.74) is 0. The zero-order valence-electron chi connectivity index (χ0n) is 11.4. The Bertz CT molecular complexity index is 238. The van der Waals surface area contributed by atoms with Gasteiger partial charge >= 0.3 is 0 Å². The van der Waals surface area contributed by atoms with E-state index in [0.717, 1.165) is 45.5 Å². The molecule has 5 nitrogen and oxygen atoms in total. The van der Waals surface area contributed by atoms with Crippen LogP contribution in [0.1, 0.15) is 25.7 Å². The van der Waals surface area contributed by atoms with Crippen LogP contribution in [0.25, 0.3) is 0 Å². The lowest BCUT2D eigenvalue weighted by Gasteiger charge is -2.38. The van der Waals surface area contributed by atoms with Crippen molar-refractivity contribution in [3.8, 4) is 0 Å². The zero-order chi connectivity index (χ0) is 12.8. The Morgan fingerprint density at radius 2 is 1.94 bits per heavy atom.